The third-order valence-electron chi connectivity index (χ3n) is 5.30. The second-order valence-corrected chi connectivity index (χ2v) is 7.21. The van der Waals surface area contributed by atoms with Gasteiger partial charge in [0.1, 0.15) is 0 Å². The molecule has 0 saturated heterocycles. The Kier molecular flexibility index (Phi) is 6.50. The third-order valence-corrected chi connectivity index (χ3v) is 5.30. The number of aliphatic hydroxyl groups is 1. The van der Waals surface area contributed by atoms with Gasteiger partial charge in [0.25, 0.3) is 0 Å². The lowest BCUT2D eigenvalue weighted by Crippen LogP contribution is -2.35. The molecule has 0 amide bonds. The molecule has 3 N–H and O–H groups in total. The average molecular weight is 291 g/mol. The second kappa shape index (κ2) is 8.14. The van der Waals surface area contributed by atoms with E-state index in [4.69, 9.17) is 5.73 Å². The normalized spacial score (nSPS) is 30.4. The van der Waals surface area contributed by atoms with E-state index in [0.717, 1.165) is 38.0 Å². The first-order valence-corrected chi connectivity index (χ1v) is 8.91. The standard InChI is InChI=1S/C19H33NO/c1-3-4-9-18(21)11-14(2)10-17-12-15-7-5-6-8-16(15)13-19(17)20/h13,15,17-19,21H,2-12,20H2,1H3/t15?,17-,18?,19?/m0/s1. The van der Waals surface area contributed by atoms with Crippen LogP contribution in [0.1, 0.15) is 71.1 Å². The summed E-state index contributed by atoms with van der Waals surface area (Å²) in [6.45, 7) is 6.36. The molecule has 120 valence electrons. The molecule has 2 rings (SSSR count). The van der Waals surface area contributed by atoms with Crippen LogP contribution >= 0.6 is 0 Å². The highest BCUT2D eigenvalue weighted by Gasteiger charge is 2.30. The monoisotopic (exact) mass is 291 g/mol. The number of fused-ring (bicyclic) bond motifs is 1. The van der Waals surface area contributed by atoms with Gasteiger partial charge >= 0.3 is 0 Å². The Morgan fingerprint density at radius 1 is 1.48 bits per heavy atom. The molecule has 0 bridgehead atoms. The van der Waals surface area contributed by atoms with E-state index in [0.29, 0.717) is 5.92 Å². The average Bonchev–Trinajstić information content (AvgIpc) is 2.45. The third kappa shape index (κ3) is 4.96. The maximum absolute atomic E-state index is 10.0. The minimum absolute atomic E-state index is 0.193. The molecule has 0 spiro atoms. The molecule has 1 saturated carbocycles. The molecule has 2 nitrogen and oxygen atoms in total. The van der Waals surface area contributed by atoms with Crippen molar-refractivity contribution >= 4 is 0 Å². The smallest absolute Gasteiger partial charge is 0.0577 e. The summed E-state index contributed by atoms with van der Waals surface area (Å²) in [4.78, 5) is 0. The molecule has 0 radical (unpaired) electrons. The Balaban J connectivity index is 1.82. The maximum Gasteiger partial charge on any atom is 0.0577 e. The summed E-state index contributed by atoms with van der Waals surface area (Å²) in [5, 5.41) is 10.0. The minimum atomic E-state index is -0.210. The van der Waals surface area contributed by atoms with Crippen LogP contribution in [0.2, 0.25) is 0 Å². The van der Waals surface area contributed by atoms with E-state index in [9.17, 15) is 5.11 Å². The van der Waals surface area contributed by atoms with Crippen LogP contribution in [0.25, 0.3) is 0 Å². The van der Waals surface area contributed by atoms with Gasteiger partial charge in [-0.3, -0.25) is 0 Å². The fourth-order valence-electron chi connectivity index (χ4n) is 4.05. The fourth-order valence-corrected chi connectivity index (χ4v) is 4.05. The van der Waals surface area contributed by atoms with E-state index in [1.54, 1.807) is 5.57 Å². The SMILES string of the molecule is C=C(CC(O)CCCC)C[C@H]1CC2CCCCC2=CC1N. The molecular formula is C19H33NO. The van der Waals surface area contributed by atoms with Gasteiger partial charge in [-0.1, -0.05) is 50.0 Å². The molecule has 2 aliphatic carbocycles. The van der Waals surface area contributed by atoms with Gasteiger partial charge in [-0.2, -0.15) is 0 Å². The van der Waals surface area contributed by atoms with Crippen LogP contribution in [-0.4, -0.2) is 17.3 Å². The van der Waals surface area contributed by atoms with Gasteiger partial charge in [0.15, 0.2) is 0 Å². The van der Waals surface area contributed by atoms with E-state index < -0.39 is 0 Å². The Bertz CT molecular complexity index is 374. The zero-order chi connectivity index (χ0) is 15.2. The van der Waals surface area contributed by atoms with Crippen molar-refractivity contribution in [2.45, 2.75) is 83.3 Å². The Hall–Kier alpha value is -0.600. The molecule has 0 aromatic heterocycles. The Morgan fingerprint density at radius 3 is 3.05 bits per heavy atom. The summed E-state index contributed by atoms with van der Waals surface area (Å²) in [5.74, 6) is 1.31. The van der Waals surface area contributed by atoms with E-state index in [1.165, 1.54) is 37.7 Å². The van der Waals surface area contributed by atoms with Crippen molar-refractivity contribution in [1.29, 1.82) is 0 Å². The largest absolute Gasteiger partial charge is 0.393 e. The Labute approximate surface area is 130 Å². The fraction of sp³-hybridized carbons (Fsp3) is 0.789. The molecule has 4 atom stereocenters. The molecule has 0 aromatic rings. The van der Waals surface area contributed by atoms with Gasteiger partial charge < -0.3 is 10.8 Å². The van der Waals surface area contributed by atoms with Gasteiger partial charge in [-0.05, 0) is 56.8 Å². The predicted octanol–water partition coefficient (Wildman–Crippen LogP) is 4.34. The first-order valence-electron chi connectivity index (χ1n) is 8.91. The first kappa shape index (κ1) is 16.8. The minimum Gasteiger partial charge on any atom is -0.393 e. The predicted molar refractivity (Wildman–Crippen MR) is 90.0 cm³/mol. The van der Waals surface area contributed by atoms with Crippen molar-refractivity contribution in [2.24, 2.45) is 17.6 Å². The van der Waals surface area contributed by atoms with Gasteiger partial charge in [0.2, 0.25) is 0 Å². The molecule has 21 heavy (non-hydrogen) atoms. The number of unbranched alkanes of at least 4 members (excludes halogenated alkanes) is 1. The summed E-state index contributed by atoms with van der Waals surface area (Å²) in [6, 6.07) is 0.193. The lowest BCUT2D eigenvalue weighted by Gasteiger charge is -2.37. The van der Waals surface area contributed by atoms with Crippen molar-refractivity contribution in [1.82, 2.24) is 0 Å². The second-order valence-electron chi connectivity index (χ2n) is 7.21. The number of hydrogen-bond acceptors (Lipinski definition) is 2. The van der Waals surface area contributed by atoms with Crippen LogP contribution in [0.3, 0.4) is 0 Å². The highest BCUT2D eigenvalue weighted by molar-refractivity contribution is 5.19. The number of rotatable bonds is 7. The molecule has 2 aliphatic rings. The van der Waals surface area contributed by atoms with Crippen molar-refractivity contribution < 1.29 is 5.11 Å². The number of aliphatic hydroxyl groups excluding tert-OH is 1. The van der Waals surface area contributed by atoms with E-state index in [-0.39, 0.29) is 12.1 Å². The highest BCUT2D eigenvalue weighted by atomic mass is 16.3. The van der Waals surface area contributed by atoms with Crippen LogP contribution in [0.4, 0.5) is 0 Å². The van der Waals surface area contributed by atoms with E-state index in [1.807, 2.05) is 0 Å². The topological polar surface area (TPSA) is 46.2 Å². The number of allylic oxidation sites excluding steroid dienone is 1. The molecule has 2 heteroatoms. The van der Waals surface area contributed by atoms with Crippen LogP contribution in [0.5, 0.6) is 0 Å². The Morgan fingerprint density at radius 2 is 2.29 bits per heavy atom. The summed E-state index contributed by atoms with van der Waals surface area (Å²) in [5.41, 5.74) is 9.18. The first-order chi connectivity index (χ1) is 10.1. The van der Waals surface area contributed by atoms with Gasteiger partial charge in [0.05, 0.1) is 6.10 Å². The molecular weight excluding hydrogens is 258 g/mol. The van der Waals surface area contributed by atoms with Crippen molar-refractivity contribution in [3.63, 3.8) is 0 Å². The van der Waals surface area contributed by atoms with Crippen molar-refractivity contribution in [3.8, 4) is 0 Å². The molecule has 1 fully saturated rings. The van der Waals surface area contributed by atoms with E-state index in [2.05, 4.69) is 19.6 Å². The summed E-state index contributed by atoms with van der Waals surface area (Å²) in [6.07, 6.45) is 13.6. The van der Waals surface area contributed by atoms with Gasteiger partial charge in [-0.15, -0.1) is 0 Å². The van der Waals surface area contributed by atoms with E-state index >= 15 is 0 Å². The lowest BCUT2D eigenvalue weighted by molar-refractivity contribution is 0.159. The van der Waals surface area contributed by atoms with Crippen LogP contribution < -0.4 is 5.73 Å². The maximum atomic E-state index is 10.0. The quantitative estimate of drug-likeness (QED) is 0.685. The van der Waals surface area contributed by atoms with Gasteiger partial charge in [0, 0.05) is 6.04 Å². The van der Waals surface area contributed by atoms with Crippen molar-refractivity contribution in [3.05, 3.63) is 23.8 Å². The summed E-state index contributed by atoms with van der Waals surface area (Å²) >= 11 is 0. The zero-order valence-corrected chi connectivity index (χ0v) is 13.7. The number of nitrogens with two attached hydrogens (primary N) is 1. The van der Waals surface area contributed by atoms with Gasteiger partial charge in [-0.25, -0.2) is 0 Å². The molecule has 3 unspecified atom stereocenters. The van der Waals surface area contributed by atoms with Crippen molar-refractivity contribution in [2.75, 3.05) is 0 Å². The highest BCUT2D eigenvalue weighted by Crippen LogP contribution is 2.40. The molecule has 0 aliphatic heterocycles. The van der Waals surface area contributed by atoms with Crippen LogP contribution in [-0.2, 0) is 0 Å². The summed E-state index contributed by atoms with van der Waals surface area (Å²) < 4.78 is 0. The van der Waals surface area contributed by atoms with Crippen LogP contribution in [0, 0.1) is 11.8 Å². The molecule has 0 aromatic carbocycles. The van der Waals surface area contributed by atoms with Crippen LogP contribution in [0.15, 0.2) is 23.8 Å². The number of hydrogen-bond donors (Lipinski definition) is 2. The lowest BCUT2D eigenvalue weighted by atomic mass is 9.70. The zero-order valence-electron chi connectivity index (χ0n) is 13.7. The summed E-state index contributed by atoms with van der Waals surface area (Å²) in [7, 11) is 0. The molecule has 0 heterocycles.